The molecule has 296 valence electrons. The predicted octanol–water partition coefficient (Wildman–Crippen LogP) is -0.990. The molecule has 1 fully saturated rings. The van der Waals surface area contributed by atoms with Gasteiger partial charge in [0.25, 0.3) is 10.1 Å². The molecule has 5 N–H and O–H groups in total. The molecule has 5 rings (SSSR count). The van der Waals surface area contributed by atoms with Crippen molar-refractivity contribution in [3.05, 3.63) is 67.0 Å². The Morgan fingerprint density at radius 3 is 1.81 bits per heavy atom. The molecular weight excluding hydrogens is 755 g/mol. The molecule has 4 heterocycles. The number of carboxylic acids is 2. The summed E-state index contributed by atoms with van der Waals surface area (Å²) in [5.74, 6) is -2.66. The molecule has 0 aliphatic carbocycles. The summed E-state index contributed by atoms with van der Waals surface area (Å²) in [4.78, 5) is 33.3. The number of carbonyl (C=O) groups is 2. The zero-order valence-corrected chi connectivity index (χ0v) is 31.4. The van der Waals surface area contributed by atoms with Crippen LogP contribution < -0.4 is 4.90 Å². The zero-order chi connectivity index (χ0) is 40.2. The van der Waals surface area contributed by atoms with Gasteiger partial charge in [0, 0.05) is 97.9 Å². The minimum atomic E-state index is -4.07. The maximum atomic E-state index is 12.7. The van der Waals surface area contributed by atoms with Crippen molar-refractivity contribution in [2.45, 2.75) is 28.6 Å². The topological polar surface area (TPSA) is 284 Å². The number of methoxy groups -OCH3 is 1. The number of likely N-dealkylation sites (N-methyl/N-ethyl adjacent to an activating group) is 1. The van der Waals surface area contributed by atoms with Crippen molar-refractivity contribution in [2.75, 3.05) is 58.3 Å². The van der Waals surface area contributed by atoms with Crippen molar-refractivity contribution >= 4 is 37.9 Å². The van der Waals surface area contributed by atoms with Gasteiger partial charge in [-0.2, -0.15) is 22.9 Å². The highest BCUT2D eigenvalue weighted by molar-refractivity contribution is 7.89. The van der Waals surface area contributed by atoms with E-state index < -0.39 is 44.3 Å². The van der Waals surface area contributed by atoms with Crippen LogP contribution in [0.15, 0.2) is 71.2 Å². The lowest BCUT2D eigenvalue weighted by Crippen LogP contribution is -2.49. The third-order valence-electron chi connectivity index (χ3n) is 7.79. The molecular formula is C31H43N9O12S2. The van der Waals surface area contributed by atoms with Gasteiger partial charge < -0.3 is 30.1 Å². The van der Waals surface area contributed by atoms with Gasteiger partial charge in [0.1, 0.15) is 15.5 Å². The van der Waals surface area contributed by atoms with Gasteiger partial charge in [0.15, 0.2) is 18.0 Å². The standard InChI is InChI=1S/C23H31N7O3S.C4H6N2O3S.C4H6O6/c1-27-17-21(16-26-27)34(31,32)28(2)10-11-29-12-14-30(15-13-29)23-22(24-8-9-25-23)20-6-4-19(5-7-20)18-33-3;1-6-3-4(2-5-6)10(7,8)9;5-1(3(7)8)2(6)4(9)10/h4-9,16-17H,10-15,18H2,1-3H3;2-3H,1H3,(H,7,8,9);1-2,5-6H,(H,7,8)(H,9,10). The normalized spacial score (nSPS) is 14.7. The number of aliphatic carboxylic acids is 2. The second kappa shape index (κ2) is 19.4. The number of ether oxygens (including phenoxy) is 1. The minimum Gasteiger partial charge on any atom is -0.479 e. The highest BCUT2D eigenvalue weighted by Crippen LogP contribution is 2.28. The van der Waals surface area contributed by atoms with E-state index in [-0.39, 0.29) is 9.79 Å². The maximum absolute atomic E-state index is 12.7. The van der Waals surface area contributed by atoms with E-state index in [1.165, 1.54) is 32.3 Å². The van der Waals surface area contributed by atoms with Gasteiger partial charge in [-0.05, 0) is 5.56 Å². The highest BCUT2D eigenvalue weighted by atomic mass is 32.2. The van der Waals surface area contributed by atoms with Crippen molar-refractivity contribution in [3.63, 3.8) is 0 Å². The molecule has 54 heavy (non-hydrogen) atoms. The second-order valence-corrected chi connectivity index (χ2v) is 15.2. The van der Waals surface area contributed by atoms with Gasteiger partial charge in [-0.1, -0.05) is 24.3 Å². The Hall–Kier alpha value is -4.88. The third kappa shape index (κ3) is 12.3. The summed E-state index contributed by atoms with van der Waals surface area (Å²) in [6, 6.07) is 8.20. The van der Waals surface area contributed by atoms with E-state index in [0.717, 1.165) is 55.0 Å². The number of carboxylic acid groups (broad SMARTS) is 2. The number of anilines is 1. The Kier molecular flexibility index (Phi) is 15.7. The molecule has 1 aliphatic rings. The molecule has 2 atom stereocenters. The van der Waals surface area contributed by atoms with Crippen LogP contribution in [-0.2, 0) is 55.2 Å². The maximum Gasteiger partial charge on any atom is 0.335 e. The largest absolute Gasteiger partial charge is 0.479 e. The first-order valence-electron chi connectivity index (χ1n) is 15.9. The first-order valence-corrected chi connectivity index (χ1v) is 18.8. The van der Waals surface area contributed by atoms with E-state index in [0.29, 0.717) is 19.7 Å². The smallest absolute Gasteiger partial charge is 0.335 e. The summed E-state index contributed by atoms with van der Waals surface area (Å²) in [5, 5.41) is 40.1. The fourth-order valence-corrected chi connectivity index (χ4v) is 6.41. The number of aromatic nitrogens is 6. The van der Waals surface area contributed by atoms with Crippen LogP contribution >= 0.6 is 0 Å². The fourth-order valence-electron chi connectivity index (χ4n) is 4.79. The summed E-state index contributed by atoms with van der Waals surface area (Å²) in [6.07, 6.45) is 4.11. The molecule has 2 unspecified atom stereocenters. The minimum absolute atomic E-state index is 0.185. The molecule has 3 aromatic heterocycles. The molecule has 23 heteroatoms. The summed E-state index contributed by atoms with van der Waals surface area (Å²) in [7, 11) is -1.02. The summed E-state index contributed by atoms with van der Waals surface area (Å²) < 4.78 is 63.9. The number of benzene rings is 1. The molecule has 0 spiro atoms. The molecule has 0 radical (unpaired) electrons. The van der Waals surface area contributed by atoms with E-state index >= 15 is 0 Å². The fraction of sp³-hybridized carbons (Fsp3) is 0.419. The molecule has 0 amide bonds. The zero-order valence-electron chi connectivity index (χ0n) is 29.8. The highest BCUT2D eigenvalue weighted by Gasteiger charge is 2.29. The molecule has 1 aromatic carbocycles. The van der Waals surface area contributed by atoms with Gasteiger partial charge >= 0.3 is 11.9 Å². The lowest BCUT2D eigenvalue weighted by atomic mass is 10.1. The number of aliphatic hydroxyl groups excluding tert-OH is 2. The lowest BCUT2D eigenvalue weighted by Gasteiger charge is -2.36. The van der Waals surface area contributed by atoms with E-state index in [1.807, 2.05) is 12.1 Å². The van der Waals surface area contributed by atoms with Crippen LogP contribution in [0.4, 0.5) is 5.82 Å². The summed E-state index contributed by atoms with van der Waals surface area (Å²) >= 11 is 0. The Labute approximate surface area is 311 Å². The Morgan fingerprint density at radius 2 is 1.37 bits per heavy atom. The van der Waals surface area contributed by atoms with Crippen molar-refractivity contribution < 1.29 is 56.1 Å². The van der Waals surface area contributed by atoms with Crippen molar-refractivity contribution in [1.29, 1.82) is 0 Å². The van der Waals surface area contributed by atoms with Crippen LogP contribution in [0, 0.1) is 0 Å². The van der Waals surface area contributed by atoms with E-state index in [2.05, 4.69) is 42.1 Å². The van der Waals surface area contributed by atoms with Crippen LogP contribution in [-0.4, -0.2) is 158 Å². The number of piperazine rings is 1. The van der Waals surface area contributed by atoms with Crippen LogP contribution in [0.1, 0.15) is 5.56 Å². The number of sulfonamides is 1. The molecule has 1 saturated heterocycles. The summed E-state index contributed by atoms with van der Waals surface area (Å²) in [5.41, 5.74) is 3.00. The SMILES string of the molecule is COCc1ccc(-c2nccnc2N2CCN(CCN(C)S(=O)(=O)c3cnn(C)c3)CC2)cc1.Cn1cc(S(=O)(=O)O)cn1.O=C(O)C(O)C(O)C(=O)O. The predicted molar refractivity (Wildman–Crippen MR) is 190 cm³/mol. The average molecular weight is 798 g/mol. The number of aliphatic hydroxyl groups is 2. The quantitative estimate of drug-likeness (QED) is 0.102. The van der Waals surface area contributed by atoms with Gasteiger partial charge in [-0.25, -0.2) is 23.0 Å². The number of hydrogen-bond acceptors (Lipinski definition) is 15. The number of rotatable bonds is 13. The van der Waals surface area contributed by atoms with E-state index in [4.69, 9.17) is 29.7 Å². The van der Waals surface area contributed by atoms with Crippen LogP contribution in [0.5, 0.6) is 0 Å². The summed E-state index contributed by atoms with van der Waals surface area (Å²) in [6.45, 7) is 4.90. The van der Waals surface area contributed by atoms with Gasteiger partial charge in [0.05, 0.1) is 19.0 Å². The molecule has 1 aliphatic heterocycles. The van der Waals surface area contributed by atoms with Crippen LogP contribution in [0.25, 0.3) is 11.3 Å². The average Bonchev–Trinajstić information content (AvgIpc) is 3.80. The third-order valence-corrected chi connectivity index (χ3v) is 10.4. The number of hydrogen-bond donors (Lipinski definition) is 5. The molecule has 0 bridgehead atoms. The molecule has 0 saturated carbocycles. The molecule has 21 nitrogen and oxygen atoms in total. The van der Waals surface area contributed by atoms with Crippen LogP contribution in [0.2, 0.25) is 0 Å². The first-order chi connectivity index (χ1) is 25.3. The van der Waals surface area contributed by atoms with Gasteiger partial charge in [0.2, 0.25) is 10.0 Å². The Balaban J connectivity index is 0.000000319. The second-order valence-electron chi connectivity index (χ2n) is 11.8. The van der Waals surface area contributed by atoms with Crippen molar-refractivity contribution in [1.82, 2.24) is 38.7 Å². The monoisotopic (exact) mass is 797 g/mol. The van der Waals surface area contributed by atoms with Crippen LogP contribution in [0.3, 0.4) is 0 Å². The van der Waals surface area contributed by atoms with Gasteiger partial charge in [-0.3, -0.25) is 23.8 Å². The molecule has 4 aromatic rings. The number of aryl methyl sites for hydroxylation is 2. The van der Waals surface area contributed by atoms with Gasteiger partial charge in [-0.15, -0.1) is 0 Å². The van der Waals surface area contributed by atoms with Crippen molar-refractivity contribution in [2.24, 2.45) is 14.1 Å². The van der Waals surface area contributed by atoms with Crippen molar-refractivity contribution in [3.8, 4) is 11.3 Å². The number of nitrogens with zero attached hydrogens (tertiary/aromatic N) is 9. The Morgan fingerprint density at radius 1 is 0.852 bits per heavy atom. The van der Waals surface area contributed by atoms with E-state index in [1.54, 1.807) is 40.6 Å². The van der Waals surface area contributed by atoms with E-state index in [9.17, 15) is 26.4 Å². The Bertz CT molecular complexity index is 2030. The first kappa shape index (κ1) is 43.5. The lowest BCUT2D eigenvalue weighted by molar-refractivity contribution is -0.165.